The van der Waals surface area contributed by atoms with Crippen LogP contribution >= 0.6 is 0 Å². The van der Waals surface area contributed by atoms with E-state index in [1.165, 1.54) is 19.3 Å². The predicted molar refractivity (Wildman–Crippen MR) is 74.2 cm³/mol. The molecular formula is C13H23N5. The van der Waals surface area contributed by atoms with Crippen molar-refractivity contribution in [3.63, 3.8) is 0 Å². The fraction of sp³-hybridized carbons (Fsp3) is 0.692. The number of anilines is 2. The van der Waals surface area contributed by atoms with Gasteiger partial charge in [0.05, 0.1) is 0 Å². The quantitative estimate of drug-likeness (QED) is 0.566. The van der Waals surface area contributed by atoms with Crippen LogP contribution < -0.4 is 16.6 Å². The Labute approximate surface area is 109 Å². The average Bonchev–Trinajstić information content (AvgIpc) is 2.26. The van der Waals surface area contributed by atoms with Crippen molar-refractivity contribution >= 4 is 11.6 Å². The van der Waals surface area contributed by atoms with Crippen LogP contribution in [0.15, 0.2) is 6.07 Å². The number of hydrazine groups is 1. The Bertz CT molecular complexity index is 396. The second-order valence-corrected chi connectivity index (χ2v) is 5.59. The molecule has 1 aromatic rings. The molecule has 2 rings (SSSR count). The first-order valence-electron chi connectivity index (χ1n) is 6.65. The molecule has 1 aliphatic rings. The minimum Gasteiger partial charge on any atom is -0.367 e. The molecule has 1 fully saturated rings. The van der Waals surface area contributed by atoms with Crippen molar-refractivity contribution < 1.29 is 0 Å². The van der Waals surface area contributed by atoms with Crippen molar-refractivity contribution in [1.29, 1.82) is 0 Å². The maximum Gasteiger partial charge on any atom is 0.145 e. The van der Waals surface area contributed by atoms with Gasteiger partial charge in [0.15, 0.2) is 0 Å². The first-order chi connectivity index (χ1) is 8.56. The number of nitrogens with one attached hydrogen (secondary N) is 2. The molecule has 4 N–H and O–H groups in total. The summed E-state index contributed by atoms with van der Waals surface area (Å²) in [6.07, 6.45) is 3.74. The smallest absolute Gasteiger partial charge is 0.145 e. The molecule has 18 heavy (non-hydrogen) atoms. The fourth-order valence-corrected chi connectivity index (χ4v) is 2.99. The van der Waals surface area contributed by atoms with E-state index < -0.39 is 0 Å². The highest BCUT2D eigenvalue weighted by Gasteiger charge is 2.24. The van der Waals surface area contributed by atoms with Gasteiger partial charge < -0.3 is 10.7 Å². The Morgan fingerprint density at radius 2 is 1.72 bits per heavy atom. The van der Waals surface area contributed by atoms with E-state index in [-0.39, 0.29) is 0 Å². The lowest BCUT2D eigenvalue weighted by molar-refractivity contribution is 0.280. The lowest BCUT2D eigenvalue weighted by Crippen LogP contribution is -2.30. The molecule has 0 aromatic carbocycles. The predicted octanol–water partition coefficient (Wildman–Crippen LogP) is 2.31. The van der Waals surface area contributed by atoms with E-state index in [9.17, 15) is 0 Å². The van der Waals surface area contributed by atoms with E-state index in [0.717, 1.165) is 23.5 Å². The van der Waals surface area contributed by atoms with Gasteiger partial charge in [0.25, 0.3) is 0 Å². The number of nitrogen functional groups attached to an aromatic ring is 1. The SMILES string of the molecule is Cc1nc(NN)cc(NC2CC(C)CC(C)C2)n1. The summed E-state index contributed by atoms with van der Waals surface area (Å²) in [6.45, 7) is 6.52. The normalized spacial score (nSPS) is 27.9. The third-order valence-electron chi connectivity index (χ3n) is 3.52. The van der Waals surface area contributed by atoms with E-state index in [1.807, 2.05) is 13.0 Å². The zero-order valence-electron chi connectivity index (χ0n) is 11.4. The lowest BCUT2D eigenvalue weighted by Gasteiger charge is -2.32. The van der Waals surface area contributed by atoms with Crippen LogP contribution in [0.2, 0.25) is 0 Å². The summed E-state index contributed by atoms with van der Waals surface area (Å²) in [5, 5.41) is 3.51. The van der Waals surface area contributed by atoms with Gasteiger partial charge in [0.1, 0.15) is 17.5 Å². The van der Waals surface area contributed by atoms with E-state index in [2.05, 4.69) is 34.6 Å². The molecule has 1 heterocycles. The van der Waals surface area contributed by atoms with Crippen LogP contribution in [0.1, 0.15) is 38.9 Å². The maximum atomic E-state index is 5.40. The van der Waals surface area contributed by atoms with Crippen LogP contribution in [0.4, 0.5) is 11.6 Å². The molecule has 100 valence electrons. The number of nitrogens with two attached hydrogens (primary N) is 1. The summed E-state index contributed by atoms with van der Waals surface area (Å²) >= 11 is 0. The van der Waals surface area contributed by atoms with E-state index in [0.29, 0.717) is 11.9 Å². The summed E-state index contributed by atoms with van der Waals surface area (Å²) in [5.41, 5.74) is 2.57. The monoisotopic (exact) mass is 249 g/mol. The van der Waals surface area contributed by atoms with Gasteiger partial charge in [-0.05, 0) is 38.0 Å². The van der Waals surface area contributed by atoms with Crippen molar-refractivity contribution in [3.8, 4) is 0 Å². The number of aryl methyl sites for hydroxylation is 1. The Kier molecular flexibility index (Phi) is 4.01. The third-order valence-corrected chi connectivity index (χ3v) is 3.52. The van der Waals surface area contributed by atoms with Gasteiger partial charge in [-0.3, -0.25) is 0 Å². The molecule has 0 radical (unpaired) electrons. The summed E-state index contributed by atoms with van der Waals surface area (Å²) < 4.78 is 0. The topological polar surface area (TPSA) is 75.9 Å². The molecule has 0 spiro atoms. The highest BCUT2D eigenvalue weighted by atomic mass is 15.3. The van der Waals surface area contributed by atoms with Gasteiger partial charge in [-0.25, -0.2) is 15.8 Å². The Hall–Kier alpha value is -1.36. The zero-order chi connectivity index (χ0) is 13.1. The summed E-state index contributed by atoms with van der Waals surface area (Å²) in [7, 11) is 0. The second kappa shape index (κ2) is 5.52. The number of aromatic nitrogens is 2. The van der Waals surface area contributed by atoms with E-state index in [4.69, 9.17) is 5.84 Å². The Balaban J connectivity index is 2.06. The van der Waals surface area contributed by atoms with Crippen LogP contribution in [-0.2, 0) is 0 Å². The van der Waals surface area contributed by atoms with Crippen LogP contribution in [0.3, 0.4) is 0 Å². The minimum absolute atomic E-state index is 0.503. The molecule has 0 aliphatic heterocycles. The largest absolute Gasteiger partial charge is 0.367 e. The van der Waals surface area contributed by atoms with Crippen molar-refractivity contribution in [2.24, 2.45) is 17.7 Å². The molecule has 2 atom stereocenters. The van der Waals surface area contributed by atoms with Gasteiger partial charge in [-0.15, -0.1) is 0 Å². The maximum absolute atomic E-state index is 5.40. The summed E-state index contributed by atoms with van der Waals surface area (Å²) in [6, 6.07) is 2.36. The Morgan fingerprint density at radius 3 is 2.33 bits per heavy atom. The third kappa shape index (κ3) is 3.32. The summed E-state index contributed by atoms with van der Waals surface area (Å²) in [4.78, 5) is 8.60. The van der Waals surface area contributed by atoms with Crippen molar-refractivity contribution in [2.75, 3.05) is 10.7 Å². The summed E-state index contributed by atoms with van der Waals surface area (Å²) in [5.74, 6) is 9.20. The highest BCUT2D eigenvalue weighted by Crippen LogP contribution is 2.30. The number of nitrogens with zero attached hydrogens (tertiary/aromatic N) is 2. The van der Waals surface area contributed by atoms with Crippen LogP contribution in [0, 0.1) is 18.8 Å². The first kappa shape index (κ1) is 13.1. The molecule has 0 amide bonds. The fourth-order valence-electron chi connectivity index (χ4n) is 2.99. The molecular weight excluding hydrogens is 226 g/mol. The molecule has 1 aromatic heterocycles. The van der Waals surface area contributed by atoms with Crippen molar-refractivity contribution in [2.45, 2.75) is 46.1 Å². The molecule has 1 aliphatic carbocycles. The second-order valence-electron chi connectivity index (χ2n) is 5.59. The molecule has 2 unspecified atom stereocenters. The van der Waals surface area contributed by atoms with E-state index >= 15 is 0 Å². The van der Waals surface area contributed by atoms with Crippen LogP contribution in [0.25, 0.3) is 0 Å². The van der Waals surface area contributed by atoms with Gasteiger partial charge >= 0.3 is 0 Å². The van der Waals surface area contributed by atoms with Gasteiger partial charge in [0.2, 0.25) is 0 Å². The number of hydrogen-bond acceptors (Lipinski definition) is 5. The van der Waals surface area contributed by atoms with Crippen LogP contribution in [-0.4, -0.2) is 16.0 Å². The minimum atomic E-state index is 0.503. The average molecular weight is 249 g/mol. The van der Waals surface area contributed by atoms with Crippen LogP contribution in [0.5, 0.6) is 0 Å². The van der Waals surface area contributed by atoms with Gasteiger partial charge in [0, 0.05) is 12.1 Å². The molecule has 0 bridgehead atoms. The zero-order valence-corrected chi connectivity index (χ0v) is 11.4. The van der Waals surface area contributed by atoms with Crippen molar-refractivity contribution in [3.05, 3.63) is 11.9 Å². The highest BCUT2D eigenvalue weighted by molar-refractivity contribution is 5.47. The first-order valence-corrected chi connectivity index (χ1v) is 6.65. The number of rotatable bonds is 3. The van der Waals surface area contributed by atoms with Gasteiger partial charge in [-0.1, -0.05) is 13.8 Å². The van der Waals surface area contributed by atoms with Crippen molar-refractivity contribution in [1.82, 2.24) is 9.97 Å². The lowest BCUT2D eigenvalue weighted by atomic mass is 9.80. The molecule has 5 heteroatoms. The molecule has 0 saturated heterocycles. The standard InChI is InChI=1S/C13H23N5/c1-8-4-9(2)6-11(5-8)17-12-7-13(18-14)16-10(3)15-12/h7-9,11H,4-6,14H2,1-3H3,(H2,15,16,17,18). The van der Waals surface area contributed by atoms with E-state index in [1.54, 1.807) is 0 Å². The molecule has 5 nitrogen and oxygen atoms in total. The molecule has 1 saturated carbocycles. The number of hydrogen-bond donors (Lipinski definition) is 3. The van der Waals surface area contributed by atoms with Gasteiger partial charge in [-0.2, -0.15) is 0 Å². The Morgan fingerprint density at radius 1 is 1.11 bits per heavy atom.